The molecule has 0 aliphatic carbocycles. The van der Waals surface area contributed by atoms with Crippen molar-refractivity contribution in [1.29, 1.82) is 0 Å². The van der Waals surface area contributed by atoms with Gasteiger partial charge in [-0.05, 0) is 36.8 Å². The molecule has 160 valence electrons. The molecule has 31 heavy (non-hydrogen) atoms. The lowest BCUT2D eigenvalue weighted by atomic mass is 10.2. The first-order valence-electron chi connectivity index (χ1n) is 9.31. The van der Waals surface area contributed by atoms with E-state index in [2.05, 4.69) is 30.8 Å². The molecule has 0 spiro atoms. The van der Waals surface area contributed by atoms with Crippen LogP contribution >= 0.6 is 23.1 Å². The summed E-state index contributed by atoms with van der Waals surface area (Å²) in [6, 6.07) is 9.09. The third kappa shape index (κ3) is 4.59. The predicted molar refractivity (Wildman–Crippen MR) is 118 cm³/mol. The summed E-state index contributed by atoms with van der Waals surface area (Å²) in [4.78, 5) is 12.2. The lowest BCUT2D eigenvalue weighted by Crippen LogP contribution is -2.14. The smallest absolute Gasteiger partial charge is 0.236 e. The number of fused-ring (bicyclic) bond motifs is 1. The number of aryl methyl sites for hydroxylation is 1. The Morgan fingerprint density at radius 3 is 2.68 bits per heavy atom. The highest BCUT2D eigenvalue weighted by molar-refractivity contribution is 7.99. The highest BCUT2D eigenvalue weighted by Gasteiger charge is 2.14. The molecule has 1 amide bonds. The summed E-state index contributed by atoms with van der Waals surface area (Å²) in [6.45, 7) is 1.99. The summed E-state index contributed by atoms with van der Waals surface area (Å²) >= 11 is 2.68. The second-order valence-electron chi connectivity index (χ2n) is 6.23. The maximum Gasteiger partial charge on any atom is 0.236 e. The van der Waals surface area contributed by atoms with Crippen molar-refractivity contribution in [1.82, 2.24) is 30.0 Å². The van der Waals surface area contributed by atoms with Crippen LogP contribution in [0.25, 0.3) is 17.0 Å². The van der Waals surface area contributed by atoms with E-state index in [1.807, 2.05) is 25.1 Å². The third-order valence-electron chi connectivity index (χ3n) is 4.25. The molecule has 4 aromatic rings. The minimum atomic E-state index is -0.172. The monoisotopic (exact) mass is 457 g/mol. The van der Waals surface area contributed by atoms with Gasteiger partial charge < -0.3 is 9.47 Å². The Labute approximate surface area is 186 Å². The number of amides is 1. The molecule has 12 heteroatoms. The average Bonchev–Trinajstić information content (AvgIpc) is 3.43. The molecular formula is C19H19N7O3S2. The Kier molecular flexibility index (Phi) is 6.28. The van der Waals surface area contributed by atoms with Crippen LogP contribution in [-0.2, 0) is 11.2 Å². The van der Waals surface area contributed by atoms with Crippen molar-refractivity contribution >= 4 is 39.8 Å². The van der Waals surface area contributed by atoms with Crippen molar-refractivity contribution in [2.45, 2.75) is 18.4 Å². The second kappa shape index (κ2) is 9.27. The molecule has 1 N–H and O–H groups in total. The highest BCUT2D eigenvalue weighted by Crippen LogP contribution is 2.31. The van der Waals surface area contributed by atoms with Crippen LogP contribution in [0.2, 0.25) is 0 Å². The van der Waals surface area contributed by atoms with Gasteiger partial charge in [-0.2, -0.15) is 9.61 Å². The number of thioether (sulfide) groups is 1. The number of methoxy groups -OCH3 is 2. The fourth-order valence-corrected chi connectivity index (χ4v) is 4.10. The summed E-state index contributed by atoms with van der Waals surface area (Å²) in [5.74, 6) is 1.78. The van der Waals surface area contributed by atoms with E-state index in [1.54, 1.807) is 30.9 Å². The van der Waals surface area contributed by atoms with Gasteiger partial charge in [0.2, 0.25) is 11.0 Å². The van der Waals surface area contributed by atoms with E-state index in [-0.39, 0.29) is 11.7 Å². The molecule has 0 bridgehead atoms. The maximum absolute atomic E-state index is 12.2. The molecule has 4 rings (SSSR count). The molecule has 0 unspecified atom stereocenters. The number of rotatable bonds is 8. The van der Waals surface area contributed by atoms with E-state index in [0.717, 1.165) is 17.0 Å². The molecule has 3 heterocycles. The number of hydrogen-bond acceptors (Lipinski definition) is 10. The molecule has 0 saturated carbocycles. The van der Waals surface area contributed by atoms with E-state index in [1.165, 1.54) is 23.1 Å². The lowest BCUT2D eigenvalue weighted by molar-refractivity contribution is -0.113. The van der Waals surface area contributed by atoms with Gasteiger partial charge in [0.15, 0.2) is 23.0 Å². The van der Waals surface area contributed by atoms with Crippen molar-refractivity contribution in [2.24, 2.45) is 0 Å². The van der Waals surface area contributed by atoms with Crippen molar-refractivity contribution in [3.8, 4) is 22.9 Å². The molecular weight excluding hydrogens is 438 g/mol. The molecule has 0 aliphatic rings. The number of nitrogens with one attached hydrogen (secondary N) is 1. The van der Waals surface area contributed by atoms with Crippen molar-refractivity contribution < 1.29 is 14.3 Å². The Balaban J connectivity index is 1.51. The Morgan fingerprint density at radius 1 is 1.10 bits per heavy atom. The largest absolute Gasteiger partial charge is 0.493 e. The number of carbonyl (C=O) groups excluding carboxylic acids is 1. The van der Waals surface area contributed by atoms with Crippen LogP contribution in [0.3, 0.4) is 0 Å². The van der Waals surface area contributed by atoms with E-state index >= 15 is 0 Å². The summed E-state index contributed by atoms with van der Waals surface area (Å²) < 4.78 is 12.3. The lowest BCUT2D eigenvalue weighted by Gasteiger charge is -2.08. The van der Waals surface area contributed by atoms with Crippen LogP contribution in [0.1, 0.15) is 11.9 Å². The molecule has 1 aromatic carbocycles. The van der Waals surface area contributed by atoms with Gasteiger partial charge in [0.1, 0.15) is 10.0 Å². The first-order valence-corrected chi connectivity index (χ1v) is 11.1. The van der Waals surface area contributed by atoms with Gasteiger partial charge in [0, 0.05) is 5.56 Å². The van der Waals surface area contributed by atoms with Crippen LogP contribution in [0.5, 0.6) is 11.5 Å². The van der Waals surface area contributed by atoms with Gasteiger partial charge >= 0.3 is 0 Å². The van der Waals surface area contributed by atoms with Crippen molar-refractivity contribution in [3.05, 3.63) is 35.3 Å². The maximum atomic E-state index is 12.2. The third-order valence-corrected chi connectivity index (χ3v) is 6.15. The van der Waals surface area contributed by atoms with Crippen molar-refractivity contribution in [3.63, 3.8) is 0 Å². The van der Waals surface area contributed by atoms with Gasteiger partial charge in [-0.25, -0.2) is 0 Å². The molecule has 0 radical (unpaired) electrons. The first kappa shape index (κ1) is 21.0. The highest BCUT2D eigenvalue weighted by atomic mass is 32.2. The van der Waals surface area contributed by atoms with E-state index < -0.39 is 0 Å². The Hall–Kier alpha value is -3.25. The minimum absolute atomic E-state index is 0.172. The number of hydrogen-bond donors (Lipinski definition) is 1. The fourth-order valence-electron chi connectivity index (χ4n) is 2.75. The average molecular weight is 458 g/mol. The van der Waals surface area contributed by atoms with Crippen LogP contribution in [0, 0.1) is 0 Å². The quantitative estimate of drug-likeness (QED) is 0.399. The van der Waals surface area contributed by atoms with E-state index in [9.17, 15) is 4.79 Å². The zero-order valence-corrected chi connectivity index (χ0v) is 18.7. The summed E-state index contributed by atoms with van der Waals surface area (Å²) in [5, 5.41) is 25.8. The fraction of sp³-hybridized carbons (Fsp3) is 0.263. The van der Waals surface area contributed by atoms with Crippen LogP contribution in [0.15, 0.2) is 35.4 Å². The number of nitrogens with zero attached hydrogens (tertiary/aromatic N) is 6. The van der Waals surface area contributed by atoms with Crippen molar-refractivity contribution in [2.75, 3.05) is 25.3 Å². The molecule has 0 atom stereocenters. The topological polar surface area (TPSA) is 116 Å². The standard InChI is InChI=1S/C19H19N7O3S2/c1-4-16-22-24-19(31-16)20-15(27)10-30-17-8-7-14-21-23-18(26(14)25-17)11-5-6-12(28-2)13(9-11)29-3/h5-9H,4,10H2,1-3H3,(H,20,24,27). The molecule has 10 nitrogen and oxygen atoms in total. The molecule has 0 saturated heterocycles. The molecule has 0 fully saturated rings. The SMILES string of the molecule is CCc1nnc(NC(=O)CSc2ccc3nnc(-c4ccc(OC)c(OC)c4)n3n2)s1. The van der Waals surface area contributed by atoms with Crippen LogP contribution < -0.4 is 14.8 Å². The molecule has 3 aromatic heterocycles. The van der Waals surface area contributed by atoms with Gasteiger partial charge in [0.05, 0.1) is 20.0 Å². The van der Waals surface area contributed by atoms with Gasteiger partial charge in [-0.3, -0.25) is 10.1 Å². The number of ether oxygens (including phenoxy) is 2. The summed E-state index contributed by atoms with van der Waals surface area (Å²) in [7, 11) is 3.16. The van der Waals surface area contributed by atoms with Gasteiger partial charge in [-0.15, -0.1) is 20.4 Å². The van der Waals surface area contributed by atoms with Crippen LogP contribution in [-0.4, -0.2) is 55.9 Å². The van der Waals surface area contributed by atoms with E-state index in [0.29, 0.717) is 33.1 Å². The summed E-state index contributed by atoms with van der Waals surface area (Å²) in [6.07, 6.45) is 0.785. The normalized spacial score (nSPS) is 10.9. The predicted octanol–water partition coefficient (Wildman–Crippen LogP) is 2.95. The summed E-state index contributed by atoms with van der Waals surface area (Å²) in [5.41, 5.74) is 1.38. The minimum Gasteiger partial charge on any atom is -0.493 e. The zero-order valence-electron chi connectivity index (χ0n) is 17.0. The zero-order chi connectivity index (χ0) is 21.8. The second-order valence-corrected chi connectivity index (χ2v) is 8.28. The number of anilines is 1. The van der Waals surface area contributed by atoms with Gasteiger partial charge in [-0.1, -0.05) is 30.0 Å². The number of aromatic nitrogens is 6. The van der Waals surface area contributed by atoms with Crippen LogP contribution in [0.4, 0.5) is 5.13 Å². The van der Waals surface area contributed by atoms with Gasteiger partial charge in [0.25, 0.3) is 0 Å². The number of carbonyl (C=O) groups is 1. The Morgan fingerprint density at radius 2 is 1.94 bits per heavy atom. The number of benzene rings is 1. The Bertz CT molecular complexity index is 1220. The van der Waals surface area contributed by atoms with E-state index in [4.69, 9.17) is 9.47 Å². The molecule has 0 aliphatic heterocycles. The first-order chi connectivity index (χ1) is 15.1.